The fourth-order valence-corrected chi connectivity index (χ4v) is 3.11. The standard InChI is InChI=1S/C14H23N3OS/c1-3-17(4-2)13(11-5-6-19-10-11)9-16-14(18)12-7-15-8-12/h5-6,10,12-13,15H,3-4,7-9H2,1-2H3,(H,16,18). The molecule has 1 aromatic rings. The molecule has 0 spiro atoms. The molecule has 5 heteroatoms. The Morgan fingerprint density at radius 2 is 2.26 bits per heavy atom. The molecule has 1 unspecified atom stereocenters. The van der Waals surface area contributed by atoms with E-state index in [1.165, 1.54) is 5.56 Å². The van der Waals surface area contributed by atoms with Gasteiger partial charge in [0.15, 0.2) is 0 Å². The fourth-order valence-electron chi connectivity index (χ4n) is 2.40. The van der Waals surface area contributed by atoms with Gasteiger partial charge in [0.25, 0.3) is 0 Å². The zero-order chi connectivity index (χ0) is 13.7. The van der Waals surface area contributed by atoms with Crippen molar-refractivity contribution in [3.8, 4) is 0 Å². The van der Waals surface area contributed by atoms with Gasteiger partial charge in [-0.3, -0.25) is 9.69 Å². The number of nitrogens with zero attached hydrogens (tertiary/aromatic N) is 1. The number of nitrogens with one attached hydrogen (secondary N) is 2. The molecule has 1 saturated heterocycles. The Balaban J connectivity index is 1.95. The second-order valence-corrected chi connectivity index (χ2v) is 5.67. The SMILES string of the molecule is CCN(CC)C(CNC(=O)C1CNC1)c1ccsc1. The van der Waals surface area contributed by atoms with Crippen molar-refractivity contribution in [1.29, 1.82) is 0 Å². The molecule has 0 radical (unpaired) electrons. The highest BCUT2D eigenvalue weighted by atomic mass is 32.1. The highest BCUT2D eigenvalue weighted by molar-refractivity contribution is 7.07. The minimum absolute atomic E-state index is 0.167. The molecule has 1 amide bonds. The van der Waals surface area contributed by atoms with Crippen molar-refractivity contribution >= 4 is 17.2 Å². The molecule has 0 aliphatic carbocycles. The Labute approximate surface area is 119 Å². The monoisotopic (exact) mass is 281 g/mol. The van der Waals surface area contributed by atoms with Gasteiger partial charge in [0.05, 0.1) is 12.0 Å². The van der Waals surface area contributed by atoms with Gasteiger partial charge in [0.1, 0.15) is 0 Å². The van der Waals surface area contributed by atoms with Crippen LogP contribution >= 0.6 is 11.3 Å². The fraction of sp³-hybridized carbons (Fsp3) is 0.643. The third-order valence-electron chi connectivity index (χ3n) is 3.80. The molecule has 19 heavy (non-hydrogen) atoms. The van der Waals surface area contributed by atoms with Gasteiger partial charge in [-0.1, -0.05) is 13.8 Å². The van der Waals surface area contributed by atoms with Gasteiger partial charge in [0.2, 0.25) is 5.91 Å². The molecule has 1 aliphatic rings. The van der Waals surface area contributed by atoms with E-state index in [0.717, 1.165) is 26.2 Å². The molecule has 1 fully saturated rings. The van der Waals surface area contributed by atoms with Crippen molar-refractivity contribution in [1.82, 2.24) is 15.5 Å². The van der Waals surface area contributed by atoms with E-state index in [1.807, 2.05) is 0 Å². The molecule has 1 atom stereocenters. The zero-order valence-electron chi connectivity index (χ0n) is 11.7. The predicted octanol–water partition coefficient (Wildman–Crippen LogP) is 1.47. The van der Waals surface area contributed by atoms with Crippen LogP contribution in [0.4, 0.5) is 0 Å². The second-order valence-electron chi connectivity index (χ2n) is 4.89. The summed E-state index contributed by atoms with van der Waals surface area (Å²) >= 11 is 1.71. The maximum absolute atomic E-state index is 11.9. The second kappa shape index (κ2) is 7.03. The number of hydrogen-bond donors (Lipinski definition) is 2. The number of amides is 1. The van der Waals surface area contributed by atoms with Crippen LogP contribution < -0.4 is 10.6 Å². The summed E-state index contributed by atoms with van der Waals surface area (Å²) in [6.45, 7) is 8.67. The van der Waals surface area contributed by atoms with Gasteiger partial charge in [-0.2, -0.15) is 11.3 Å². The van der Waals surface area contributed by atoms with Crippen molar-refractivity contribution in [3.05, 3.63) is 22.4 Å². The molecule has 0 aromatic carbocycles. The smallest absolute Gasteiger partial charge is 0.225 e. The van der Waals surface area contributed by atoms with E-state index < -0.39 is 0 Å². The molecule has 1 aliphatic heterocycles. The van der Waals surface area contributed by atoms with Crippen LogP contribution in [0.15, 0.2) is 16.8 Å². The summed E-state index contributed by atoms with van der Waals surface area (Å²) in [4.78, 5) is 14.3. The molecule has 2 N–H and O–H groups in total. The highest BCUT2D eigenvalue weighted by Crippen LogP contribution is 2.22. The van der Waals surface area contributed by atoms with Gasteiger partial charge in [-0.15, -0.1) is 0 Å². The lowest BCUT2D eigenvalue weighted by atomic mass is 10.0. The van der Waals surface area contributed by atoms with Crippen LogP contribution in [0.1, 0.15) is 25.5 Å². The Hall–Kier alpha value is -0.910. The molecule has 2 rings (SSSR count). The maximum atomic E-state index is 11.9. The molecule has 4 nitrogen and oxygen atoms in total. The summed E-state index contributed by atoms with van der Waals surface area (Å²) < 4.78 is 0. The number of carbonyl (C=O) groups excluding carboxylic acids is 1. The van der Waals surface area contributed by atoms with Crippen molar-refractivity contribution in [3.63, 3.8) is 0 Å². The summed E-state index contributed by atoms with van der Waals surface area (Å²) in [6, 6.07) is 2.45. The minimum Gasteiger partial charge on any atom is -0.354 e. The third kappa shape index (κ3) is 3.55. The van der Waals surface area contributed by atoms with Crippen molar-refractivity contribution in [2.75, 3.05) is 32.7 Å². The van der Waals surface area contributed by atoms with Crippen LogP contribution in [0.2, 0.25) is 0 Å². The molecule has 0 bridgehead atoms. The zero-order valence-corrected chi connectivity index (χ0v) is 12.5. The molecular weight excluding hydrogens is 258 g/mol. The molecule has 106 valence electrons. The number of hydrogen-bond acceptors (Lipinski definition) is 4. The summed E-state index contributed by atoms with van der Waals surface area (Å²) in [5, 5.41) is 10.5. The van der Waals surface area contributed by atoms with Gasteiger partial charge in [0, 0.05) is 19.6 Å². The first kappa shape index (κ1) is 14.5. The Morgan fingerprint density at radius 1 is 1.53 bits per heavy atom. The number of thiophene rings is 1. The van der Waals surface area contributed by atoms with E-state index in [4.69, 9.17) is 0 Å². The first-order valence-electron chi connectivity index (χ1n) is 7.00. The first-order chi connectivity index (χ1) is 9.26. The molecule has 2 heterocycles. The van der Waals surface area contributed by atoms with Crippen LogP contribution in [0.25, 0.3) is 0 Å². The van der Waals surface area contributed by atoms with E-state index in [9.17, 15) is 4.79 Å². The first-order valence-corrected chi connectivity index (χ1v) is 7.95. The number of carbonyl (C=O) groups is 1. The van der Waals surface area contributed by atoms with E-state index >= 15 is 0 Å². The molecular formula is C14H23N3OS. The van der Waals surface area contributed by atoms with Gasteiger partial charge in [-0.25, -0.2) is 0 Å². The normalized spacial score (nSPS) is 17.2. The van der Waals surface area contributed by atoms with E-state index in [1.54, 1.807) is 11.3 Å². The minimum atomic E-state index is 0.167. The maximum Gasteiger partial charge on any atom is 0.225 e. The Morgan fingerprint density at radius 3 is 2.74 bits per heavy atom. The van der Waals surface area contributed by atoms with Crippen molar-refractivity contribution < 1.29 is 4.79 Å². The average Bonchev–Trinajstić information content (AvgIpc) is 2.85. The Kier molecular flexibility index (Phi) is 5.36. The third-order valence-corrected chi connectivity index (χ3v) is 4.50. The van der Waals surface area contributed by atoms with Crippen LogP contribution in [0, 0.1) is 5.92 Å². The van der Waals surface area contributed by atoms with E-state index in [-0.39, 0.29) is 11.8 Å². The van der Waals surface area contributed by atoms with Gasteiger partial charge in [-0.05, 0) is 35.5 Å². The number of likely N-dealkylation sites (N-methyl/N-ethyl adjacent to an activating group) is 1. The largest absolute Gasteiger partial charge is 0.354 e. The van der Waals surface area contributed by atoms with Crippen molar-refractivity contribution in [2.45, 2.75) is 19.9 Å². The quantitative estimate of drug-likeness (QED) is 0.795. The average molecular weight is 281 g/mol. The highest BCUT2D eigenvalue weighted by Gasteiger charge is 2.26. The summed E-state index contributed by atoms with van der Waals surface area (Å²) in [7, 11) is 0. The molecule has 1 aromatic heterocycles. The number of rotatable bonds is 7. The van der Waals surface area contributed by atoms with E-state index in [2.05, 4.69) is 46.2 Å². The van der Waals surface area contributed by atoms with Crippen LogP contribution in [-0.2, 0) is 4.79 Å². The molecule has 0 saturated carbocycles. The van der Waals surface area contributed by atoms with Crippen LogP contribution in [-0.4, -0.2) is 43.5 Å². The van der Waals surface area contributed by atoms with Crippen LogP contribution in [0.3, 0.4) is 0 Å². The topological polar surface area (TPSA) is 44.4 Å². The lowest BCUT2D eigenvalue weighted by Gasteiger charge is -2.31. The summed E-state index contributed by atoms with van der Waals surface area (Å²) in [6.07, 6.45) is 0. The van der Waals surface area contributed by atoms with Crippen LogP contribution in [0.5, 0.6) is 0 Å². The van der Waals surface area contributed by atoms with E-state index in [0.29, 0.717) is 12.6 Å². The summed E-state index contributed by atoms with van der Waals surface area (Å²) in [5.74, 6) is 0.353. The predicted molar refractivity (Wildman–Crippen MR) is 79.4 cm³/mol. The lowest BCUT2D eigenvalue weighted by molar-refractivity contribution is -0.126. The lowest BCUT2D eigenvalue weighted by Crippen LogP contribution is -2.52. The van der Waals surface area contributed by atoms with Gasteiger partial charge >= 0.3 is 0 Å². The van der Waals surface area contributed by atoms with Crippen molar-refractivity contribution in [2.24, 2.45) is 5.92 Å². The Bertz CT molecular complexity index is 385. The van der Waals surface area contributed by atoms with Gasteiger partial charge < -0.3 is 10.6 Å². The summed E-state index contributed by atoms with van der Waals surface area (Å²) in [5.41, 5.74) is 1.31.